The van der Waals surface area contributed by atoms with Crippen LogP contribution in [0.15, 0.2) is 72.9 Å². The highest BCUT2D eigenvalue weighted by Crippen LogP contribution is 2.13. The van der Waals surface area contributed by atoms with E-state index in [1.54, 1.807) is 0 Å². The zero-order valence-corrected chi connectivity index (χ0v) is 32.8. The third-order valence-corrected chi connectivity index (χ3v) is 8.32. The summed E-state index contributed by atoms with van der Waals surface area (Å²) in [4.78, 5) is 37.5. The average Bonchev–Trinajstić information content (AvgIpc) is 3.12. The molecule has 0 radical (unpaired) electrons. The van der Waals surface area contributed by atoms with Crippen LogP contribution in [0.2, 0.25) is 0 Å². The van der Waals surface area contributed by atoms with Crippen LogP contribution in [0.4, 0.5) is 0 Å². The van der Waals surface area contributed by atoms with E-state index in [4.69, 9.17) is 14.2 Å². The maximum atomic E-state index is 12.6. The minimum absolute atomic E-state index is 0.101. The summed E-state index contributed by atoms with van der Waals surface area (Å²) in [6.07, 6.45) is 47.5. The molecule has 0 spiro atoms. The lowest BCUT2D eigenvalue weighted by Crippen LogP contribution is -2.30. The van der Waals surface area contributed by atoms with Gasteiger partial charge in [-0.05, 0) is 51.4 Å². The monoisotopic (exact) mass is 711 g/mol. The summed E-state index contributed by atoms with van der Waals surface area (Å²) in [6.45, 7) is 6.32. The van der Waals surface area contributed by atoms with E-state index in [1.807, 2.05) is 54.7 Å². The molecule has 51 heavy (non-hydrogen) atoms. The molecule has 0 aromatic heterocycles. The van der Waals surface area contributed by atoms with Crippen molar-refractivity contribution in [1.82, 2.24) is 0 Å². The van der Waals surface area contributed by atoms with Crippen LogP contribution in [-0.4, -0.2) is 37.2 Å². The summed E-state index contributed by atoms with van der Waals surface area (Å²) in [5, 5.41) is 0. The van der Waals surface area contributed by atoms with Crippen molar-refractivity contribution in [2.45, 2.75) is 181 Å². The first kappa shape index (κ1) is 47.8. The van der Waals surface area contributed by atoms with Gasteiger partial charge in [0.2, 0.25) is 0 Å². The SMILES string of the molecule is CC\C=C/C=C\C=C/C=C\C=C/CCCC(=O)OCC(COC(=O)CCCCCCCCCCC)OC(=O)CCCCCCC/C=C\CCCC. The molecule has 0 aromatic rings. The van der Waals surface area contributed by atoms with Crippen molar-refractivity contribution in [3.05, 3.63) is 72.9 Å². The molecule has 0 amide bonds. The van der Waals surface area contributed by atoms with Gasteiger partial charge in [-0.3, -0.25) is 14.4 Å². The van der Waals surface area contributed by atoms with Crippen LogP contribution in [0, 0.1) is 0 Å². The standard InChI is InChI=1S/C45H74O6/c1-4-7-10-13-16-19-21-22-24-26-29-32-35-38-44(47)50-41-42(40-49-43(46)37-34-31-28-25-18-15-12-9-6-3)51-45(48)39-36-33-30-27-23-20-17-14-11-8-5-2/h7,10,13-14,16-17,19,21-22,24,26,29,42H,4-6,8-9,11-12,15,18,20,23,25,27-28,30-41H2,1-3H3/b10-7-,16-13-,17-14-,21-19-,24-22-,29-26-. The molecule has 290 valence electrons. The van der Waals surface area contributed by atoms with Gasteiger partial charge in [-0.15, -0.1) is 0 Å². The van der Waals surface area contributed by atoms with Gasteiger partial charge in [-0.1, -0.05) is 177 Å². The third kappa shape index (κ3) is 37.9. The maximum Gasteiger partial charge on any atom is 0.306 e. The summed E-state index contributed by atoms with van der Waals surface area (Å²) in [7, 11) is 0. The molecule has 0 saturated carbocycles. The van der Waals surface area contributed by atoms with E-state index < -0.39 is 6.10 Å². The highest BCUT2D eigenvalue weighted by molar-refractivity contribution is 5.71. The topological polar surface area (TPSA) is 78.9 Å². The number of hydrogen-bond donors (Lipinski definition) is 0. The van der Waals surface area contributed by atoms with Crippen molar-refractivity contribution in [3.8, 4) is 0 Å². The Bertz CT molecular complexity index is 1000. The van der Waals surface area contributed by atoms with Gasteiger partial charge in [-0.25, -0.2) is 0 Å². The van der Waals surface area contributed by atoms with E-state index in [-0.39, 0.29) is 37.5 Å². The highest BCUT2D eigenvalue weighted by Gasteiger charge is 2.19. The molecule has 0 aliphatic heterocycles. The van der Waals surface area contributed by atoms with Crippen LogP contribution in [0.1, 0.15) is 175 Å². The molecule has 6 nitrogen and oxygen atoms in total. The number of esters is 3. The molecular weight excluding hydrogens is 636 g/mol. The molecule has 0 aromatic carbocycles. The second kappa shape index (κ2) is 39.6. The van der Waals surface area contributed by atoms with Gasteiger partial charge in [0.05, 0.1) is 0 Å². The normalized spacial score (nSPS) is 12.8. The molecule has 0 aliphatic rings. The van der Waals surface area contributed by atoms with Crippen LogP contribution in [0.5, 0.6) is 0 Å². The predicted molar refractivity (Wildman–Crippen MR) is 214 cm³/mol. The lowest BCUT2D eigenvalue weighted by Gasteiger charge is -2.18. The molecular formula is C45H74O6. The Morgan fingerprint density at radius 1 is 0.412 bits per heavy atom. The first-order chi connectivity index (χ1) is 25.0. The molecule has 0 heterocycles. The molecule has 0 bridgehead atoms. The zero-order valence-electron chi connectivity index (χ0n) is 32.8. The average molecular weight is 711 g/mol. The number of unbranched alkanes of at least 4 members (excludes halogenated alkanes) is 16. The summed E-state index contributed by atoms with van der Waals surface area (Å²) in [5.74, 6) is -1.00. The van der Waals surface area contributed by atoms with Crippen LogP contribution in [0.3, 0.4) is 0 Å². The highest BCUT2D eigenvalue weighted by atomic mass is 16.6. The number of carbonyl (C=O) groups is 3. The smallest absolute Gasteiger partial charge is 0.306 e. The minimum Gasteiger partial charge on any atom is -0.462 e. The van der Waals surface area contributed by atoms with Crippen LogP contribution in [-0.2, 0) is 28.6 Å². The lowest BCUT2D eigenvalue weighted by molar-refractivity contribution is -0.167. The first-order valence-electron chi connectivity index (χ1n) is 20.5. The van der Waals surface area contributed by atoms with Crippen LogP contribution < -0.4 is 0 Å². The number of allylic oxidation sites excluding steroid dienone is 12. The Hall–Kier alpha value is -3.15. The Morgan fingerprint density at radius 3 is 1.37 bits per heavy atom. The van der Waals surface area contributed by atoms with Gasteiger partial charge in [0.25, 0.3) is 0 Å². The second-order valence-corrected chi connectivity index (χ2v) is 13.3. The van der Waals surface area contributed by atoms with Gasteiger partial charge in [-0.2, -0.15) is 0 Å². The Labute approximate surface area is 312 Å². The van der Waals surface area contributed by atoms with E-state index in [0.29, 0.717) is 19.3 Å². The van der Waals surface area contributed by atoms with E-state index in [0.717, 1.165) is 64.2 Å². The molecule has 0 fully saturated rings. The summed E-state index contributed by atoms with van der Waals surface area (Å²) < 4.78 is 16.5. The van der Waals surface area contributed by atoms with E-state index >= 15 is 0 Å². The Balaban J connectivity index is 4.53. The Kier molecular flexibility index (Phi) is 37.2. The van der Waals surface area contributed by atoms with Crippen molar-refractivity contribution in [2.24, 2.45) is 0 Å². The van der Waals surface area contributed by atoms with Crippen molar-refractivity contribution in [1.29, 1.82) is 0 Å². The molecule has 0 N–H and O–H groups in total. The summed E-state index contributed by atoms with van der Waals surface area (Å²) in [6, 6.07) is 0. The van der Waals surface area contributed by atoms with Gasteiger partial charge in [0.1, 0.15) is 13.2 Å². The molecule has 0 saturated heterocycles. The third-order valence-electron chi connectivity index (χ3n) is 8.32. The number of rotatable bonds is 35. The van der Waals surface area contributed by atoms with Crippen molar-refractivity contribution in [3.63, 3.8) is 0 Å². The minimum atomic E-state index is -0.802. The summed E-state index contributed by atoms with van der Waals surface area (Å²) in [5.41, 5.74) is 0. The van der Waals surface area contributed by atoms with E-state index in [9.17, 15) is 14.4 Å². The molecule has 6 heteroatoms. The summed E-state index contributed by atoms with van der Waals surface area (Å²) >= 11 is 0. The van der Waals surface area contributed by atoms with Crippen molar-refractivity contribution < 1.29 is 28.6 Å². The zero-order chi connectivity index (χ0) is 37.3. The number of carbonyl (C=O) groups excluding carboxylic acids is 3. The first-order valence-corrected chi connectivity index (χ1v) is 20.5. The van der Waals surface area contributed by atoms with Gasteiger partial charge < -0.3 is 14.2 Å². The van der Waals surface area contributed by atoms with Gasteiger partial charge in [0, 0.05) is 19.3 Å². The van der Waals surface area contributed by atoms with Crippen molar-refractivity contribution >= 4 is 17.9 Å². The molecule has 1 atom stereocenters. The predicted octanol–water partition coefficient (Wildman–Crippen LogP) is 12.7. The van der Waals surface area contributed by atoms with Crippen molar-refractivity contribution in [2.75, 3.05) is 13.2 Å². The van der Waals surface area contributed by atoms with Gasteiger partial charge >= 0.3 is 17.9 Å². The second-order valence-electron chi connectivity index (χ2n) is 13.3. The van der Waals surface area contributed by atoms with E-state index in [1.165, 1.54) is 64.2 Å². The largest absolute Gasteiger partial charge is 0.462 e. The fraction of sp³-hybridized carbons (Fsp3) is 0.667. The quantitative estimate of drug-likeness (QED) is 0.0214. The maximum absolute atomic E-state index is 12.6. The molecule has 1 unspecified atom stereocenters. The van der Waals surface area contributed by atoms with Crippen LogP contribution in [0.25, 0.3) is 0 Å². The Morgan fingerprint density at radius 2 is 0.824 bits per heavy atom. The lowest BCUT2D eigenvalue weighted by atomic mass is 10.1. The molecule has 0 rings (SSSR count). The number of hydrogen-bond acceptors (Lipinski definition) is 6. The van der Waals surface area contributed by atoms with Gasteiger partial charge in [0.15, 0.2) is 6.10 Å². The van der Waals surface area contributed by atoms with Crippen LogP contribution >= 0.6 is 0 Å². The van der Waals surface area contributed by atoms with E-state index in [2.05, 4.69) is 39.0 Å². The fourth-order valence-corrected chi connectivity index (χ4v) is 5.22. The fourth-order valence-electron chi connectivity index (χ4n) is 5.22. The molecule has 0 aliphatic carbocycles. The number of ether oxygens (including phenoxy) is 3.